The Balaban J connectivity index is 3.29. The first-order chi connectivity index (χ1) is 9.42. The van der Waals surface area contributed by atoms with Crippen LogP contribution in [0.2, 0.25) is 0 Å². The number of carbonyl (C=O) groups excluding carboxylic acids is 2. The molecular formula is C13H17NO6. The van der Waals surface area contributed by atoms with Crippen molar-refractivity contribution in [2.24, 2.45) is 0 Å². The van der Waals surface area contributed by atoms with Gasteiger partial charge in [-0.05, 0) is 13.0 Å². The fraction of sp³-hybridized carbons (Fsp3) is 0.385. The Kier molecular flexibility index (Phi) is 5.33. The van der Waals surface area contributed by atoms with Gasteiger partial charge in [0.05, 0.1) is 12.2 Å². The predicted octanol–water partition coefficient (Wildman–Crippen LogP) is 0.884. The van der Waals surface area contributed by atoms with Gasteiger partial charge in [-0.15, -0.1) is 0 Å². The maximum Gasteiger partial charge on any atom is 0.340 e. The molecule has 20 heavy (non-hydrogen) atoms. The fourth-order valence-corrected chi connectivity index (χ4v) is 1.67. The number of benzene rings is 1. The first-order valence-corrected chi connectivity index (χ1v) is 5.90. The molecule has 0 unspecified atom stereocenters. The number of hydrogen-bond donors (Lipinski definition) is 2. The molecule has 0 bridgehead atoms. The second-order valence-electron chi connectivity index (χ2n) is 3.97. The van der Waals surface area contributed by atoms with Gasteiger partial charge in [0, 0.05) is 20.2 Å². The number of aromatic hydroxyl groups is 2. The molecule has 1 amide bonds. The number of carbonyl (C=O) groups is 2. The van der Waals surface area contributed by atoms with Crippen molar-refractivity contribution in [3.63, 3.8) is 0 Å². The topological polar surface area (TPSA) is 96.3 Å². The van der Waals surface area contributed by atoms with Crippen molar-refractivity contribution in [2.45, 2.75) is 6.92 Å². The minimum atomic E-state index is -0.745. The number of esters is 1. The summed E-state index contributed by atoms with van der Waals surface area (Å²) in [6.07, 6.45) is 0. The summed E-state index contributed by atoms with van der Waals surface area (Å²) in [4.78, 5) is 24.7. The van der Waals surface area contributed by atoms with Crippen molar-refractivity contribution in [3.05, 3.63) is 17.7 Å². The predicted molar refractivity (Wildman–Crippen MR) is 71.0 cm³/mol. The largest absolute Gasteiger partial charge is 0.508 e. The van der Waals surface area contributed by atoms with E-state index in [1.165, 1.54) is 14.2 Å². The summed E-state index contributed by atoms with van der Waals surface area (Å²) in [5, 5.41) is 19.3. The van der Waals surface area contributed by atoms with E-state index < -0.39 is 17.6 Å². The average Bonchev–Trinajstić information content (AvgIpc) is 2.37. The van der Waals surface area contributed by atoms with Crippen molar-refractivity contribution in [1.82, 2.24) is 0 Å². The minimum Gasteiger partial charge on any atom is -0.508 e. The van der Waals surface area contributed by atoms with Crippen molar-refractivity contribution >= 4 is 17.6 Å². The number of hydrogen-bond acceptors (Lipinski definition) is 6. The number of phenols is 2. The van der Waals surface area contributed by atoms with Crippen molar-refractivity contribution in [2.75, 3.05) is 32.3 Å². The number of anilines is 1. The lowest BCUT2D eigenvalue weighted by Crippen LogP contribution is -2.31. The van der Waals surface area contributed by atoms with E-state index in [0.29, 0.717) is 0 Å². The highest BCUT2D eigenvalue weighted by Crippen LogP contribution is 2.35. The first kappa shape index (κ1) is 15.8. The molecule has 0 aliphatic rings. The molecule has 0 spiro atoms. The summed E-state index contributed by atoms with van der Waals surface area (Å²) in [5.41, 5.74) is -0.139. The van der Waals surface area contributed by atoms with Crippen LogP contribution in [0.25, 0.3) is 0 Å². The Morgan fingerprint density at radius 2 is 1.95 bits per heavy atom. The van der Waals surface area contributed by atoms with Gasteiger partial charge in [-0.2, -0.15) is 0 Å². The second-order valence-corrected chi connectivity index (χ2v) is 3.97. The maximum atomic E-state index is 11.8. The van der Waals surface area contributed by atoms with Crippen LogP contribution >= 0.6 is 0 Å². The van der Waals surface area contributed by atoms with Crippen LogP contribution in [0.5, 0.6) is 11.5 Å². The summed E-state index contributed by atoms with van der Waals surface area (Å²) in [6, 6.07) is 2.16. The normalized spacial score (nSPS) is 10.2. The SMILES string of the molecule is CCOC(=O)c1cc(O)cc(O)c1N(C)C(=O)COC. The third kappa shape index (κ3) is 3.39. The zero-order valence-electron chi connectivity index (χ0n) is 11.5. The van der Waals surface area contributed by atoms with Crippen LogP contribution in [0, 0.1) is 0 Å². The van der Waals surface area contributed by atoms with Crippen LogP contribution in [0.15, 0.2) is 12.1 Å². The monoisotopic (exact) mass is 283 g/mol. The summed E-state index contributed by atoms with van der Waals surface area (Å²) in [7, 11) is 2.74. The van der Waals surface area contributed by atoms with Crippen LogP contribution in [-0.4, -0.2) is 49.5 Å². The lowest BCUT2D eigenvalue weighted by Gasteiger charge is -2.21. The standard InChI is InChI=1S/C13H17NO6/c1-4-20-13(18)9-5-8(15)6-10(16)12(9)14(2)11(17)7-19-3/h5-6,15-16H,4,7H2,1-3H3. The van der Waals surface area contributed by atoms with E-state index in [0.717, 1.165) is 17.0 Å². The molecular weight excluding hydrogens is 266 g/mol. The molecule has 1 rings (SSSR count). The maximum absolute atomic E-state index is 11.8. The number of ether oxygens (including phenoxy) is 2. The highest BCUT2D eigenvalue weighted by molar-refractivity contribution is 6.04. The van der Waals surface area contributed by atoms with Gasteiger partial charge >= 0.3 is 5.97 Å². The van der Waals surface area contributed by atoms with Gasteiger partial charge in [-0.3, -0.25) is 4.79 Å². The molecule has 0 saturated heterocycles. The van der Waals surface area contributed by atoms with E-state index >= 15 is 0 Å². The molecule has 0 fully saturated rings. The molecule has 110 valence electrons. The van der Waals surface area contributed by atoms with Crippen molar-refractivity contribution in [3.8, 4) is 11.5 Å². The quantitative estimate of drug-likeness (QED) is 0.779. The smallest absolute Gasteiger partial charge is 0.340 e. The second kappa shape index (κ2) is 6.76. The summed E-state index contributed by atoms with van der Waals surface area (Å²) in [6.45, 7) is 1.55. The van der Waals surface area contributed by atoms with Crippen LogP contribution in [0.3, 0.4) is 0 Å². The highest BCUT2D eigenvalue weighted by Gasteiger charge is 2.24. The van der Waals surface area contributed by atoms with E-state index in [4.69, 9.17) is 9.47 Å². The molecule has 0 aliphatic carbocycles. The number of rotatable bonds is 5. The molecule has 0 atom stereocenters. The van der Waals surface area contributed by atoms with Gasteiger partial charge in [0.25, 0.3) is 5.91 Å². The Labute approximate surface area is 116 Å². The fourth-order valence-electron chi connectivity index (χ4n) is 1.67. The molecule has 0 aliphatic heterocycles. The Morgan fingerprint density at radius 1 is 1.30 bits per heavy atom. The molecule has 7 nitrogen and oxygen atoms in total. The number of methoxy groups -OCH3 is 1. The van der Waals surface area contributed by atoms with Crippen LogP contribution in [0.4, 0.5) is 5.69 Å². The zero-order valence-corrected chi connectivity index (χ0v) is 11.5. The highest BCUT2D eigenvalue weighted by atomic mass is 16.5. The third-order valence-corrected chi connectivity index (χ3v) is 2.55. The lowest BCUT2D eigenvalue weighted by atomic mass is 10.1. The Hall–Kier alpha value is -2.28. The van der Waals surface area contributed by atoms with Gasteiger partial charge < -0.3 is 24.6 Å². The first-order valence-electron chi connectivity index (χ1n) is 5.90. The Bertz CT molecular complexity index is 514. The van der Waals surface area contributed by atoms with E-state index in [2.05, 4.69) is 0 Å². The summed E-state index contributed by atoms with van der Waals surface area (Å²) >= 11 is 0. The molecule has 0 heterocycles. The number of phenolic OH excluding ortho intramolecular Hbond substituents is 2. The van der Waals surface area contributed by atoms with E-state index in [1.807, 2.05) is 0 Å². The van der Waals surface area contributed by atoms with Gasteiger partial charge in [-0.25, -0.2) is 4.79 Å². The van der Waals surface area contributed by atoms with Crippen LogP contribution < -0.4 is 4.90 Å². The molecule has 0 saturated carbocycles. The summed E-state index contributed by atoms with van der Waals surface area (Å²) < 4.78 is 9.56. The molecule has 0 radical (unpaired) electrons. The number of nitrogens with zero attached hydrogens (tertiary/aromatic N) is 1. The van der Waals surface area contributed by atoms with Gasteiger partial charge in [0.15, 0.2) is 0 Å². The Morgan fingerprint density at radius 3 is 2.50 bits per heavy atom. The van der Waals surface area contributed by atoms with E-state index in [1.54, 1.807) is 6.92 Å². The molecule has 1 aromatic carbocycles. The zero-order chi connectivity index (χ0) is 15.3. The average molecular weight is 283 g/mol. The van der Waals surface area contributed by atoms with Gasteiger partial charge in [0.1, 0.15) is 23.8 Å². The van der Waals surface area contributed by atoms with Gasteiger partial charge in [-0.1, -0.05) is 0 Å². The molecule has 2 N–H and O–H groups in total. The van der Waals surface area contributed by atoms with Crippen LogP contribution in [0.1, 0.15) is 17.3 Å². The molecule has 7 heteroatoms. The minimum absolute atomic E-state index is 0.0386. The lowest BCUT2D eigenvalue weighted by molar-refractivity contribution is -0.121. The third-order valence-electron chi connectivity index (χ3n) is 2.55. The van der Waals surface area contributed by atoms with Crippen molar-refractivity contribution in [1.29, 1.82) is 0 Å². The molecule has 1 aromatic rings. The number of likely N-dealkylation sites (N-methyl/N-ethyl adjacent to an activating group) is 1. The van der Waals surface area contributed by atoms with Crippen molar-refractivity contribution < 1.29 is 29.3 Å². The van der Waals surface area contributed by atoms with Crippen LogP contribution in [-0.2, 0) is 14.3 Å². The summed E-state index contributed by atoms with van der Waals surface area (Å²) in [5.74, 6) is -1.91. The molecule has 0 aromatic heterocycles. The number of amides is 1. The van der Waals surface area contributed by atoms with E-state index in [-0.39, 0.29) is 30.2 Å². The van der Waals surface area contributed by atoms with Gasteiger partial charge in [0.2, 0.25) is 0 Å². The van der Waals surface area contributed by atoms with E-state index in [9.17, 15) is 19.8 Å².